The maximum Gasteiger partial charge on any atom is 0.308 e. The molecule has 194 valence electrons. The van der Waals surface area contributed by atoms with Gasteiger partial charge in [0.1, 0.15) is 12.3 Å². The molecule has 0 radical (unpaired) electrons. The van der Waals surface area contributed by atoms with Crippen LogP contribution in [0.25, 0.3) is 0 Å². The van der Waals surface area contributed by atoms with Gasteiger partial charge in [-0.1, -0.05) is 101 Å². The van der Waals surface area contributed by atoms with Crippen molar-refractivity contribution in [3.05, 3.63) is 65.7 Å². The lowest BCUT2D eigenvalue weighted by Crippen LogP contribution is -2.39. The van der Waals surface area contributed by atoms with Crippen LogP contribution in [-0.4, -0.2) is 37.9 Å². The Bertz CT molecular complexity index is 802. The minimum atomic E-state index is -0.202. The summed E-state index contributed by atoms with van der Waals surface area (Å²) in [6, 6.07) is 18.7. The molecule has 0 heterocycles. The molecule has 0 spiro atoms. The van der Waals surface area contributed by atoms with Gasteiger partial charge in [-0.05, 0) is 30.5 Å². The summed E-state index contributed by atoms with van der Waals surface area (Å²) in [6.07, 6.45) is 14.5. The van der Waals surface area contributed by atoms with E-state index in [1.54, 1.807) is 0 Å². The van der Waals surface area contributed by atoms with E-state index in [-0.39, 0.29) is 12.8 Å². The molecule has 4 heteroatoms. The first-order chi connectivity index (χ1) is 17.0. The fourth-order valence-electron chi connectivity index (χ4n) is 4.44. The Morgan fingerprint density at radius 2 is 1.37 bits per heavy atom. The molecule has 4 nitrogen and oxygen atoms in total. The summed E-state index contributed by atoms with van der Waals surface area (Å²) in [6.45, 7) is 4.11. The van der Waals surface area contributed by atoms with Crippen LogP contribution in [0.5, 0.6) is 5.75 Å². The Morgan fingerprint density at radius 3 is 2.03 bits per heavy atom. The third kappa shape index (κ3) is 14.0. The van der Waals surface area contributed by atoms with Gasteiger partial charge in [0.25, 0.3) is 0 Å². The van der Waals surface area contributed by atoms with Gasteiger partial charge in [-0.15, -0.1) is 0 Å². The monoisotopic (exact) mass is 482 g/mol. The largest absolute Gasteiger partial charge is 0.457 e. The van der Waals surface area contributed by atoms with Gasteiger partial charge in [0.05, 0.1) is 27.1 Å². The van der Waals surface area contributed by atoms with Gasteiger partial charge in [0.15, 0.2) is 0 Å². The number of carbonyl (C=O) groups is 1. The Balaban J connectivity index is 1.51. The first-order valence-electron chi connectivity index (χ1n) is 13.7. The molecule has 0 aliphatic heterocycles. The SMILES string of the molecule is CCCCCCCCCCCc1ccc(OCOC(=O)CCC[N+](C)(C)Cc2ccccc2)cc1. The van der Waals surface area contributed by atoms with Crippen molar-refractivity contribution >= 4 is 5.97 Å². The summed E-state index contributed by atoms with van der Waals surface area (Å²) in [5.74, 6) is 0.543. The standard InChI is InChI=1S/C31H48NO3/c1-4-5-6-7-8-9-10-11-13-17-28-21-23-30(24-22-28)34-27-35-31(33)20-16-25-32(2,3)26-29-18-14-12-15-19-29/h12,14-15,18-19,21-24H,4-11,13,16-17,20,25-27H2,1-3H3/q+1. The third-order valence-corrected chi connectivity index (χ3v) is 6.54. The second-order valence-electron chi connectivity index (χ2n) is 10.4. The predicted molar refractivity (Wildman–Crippen MR) is 145 cm³/mol. The number of unbranched alkanes of at least 4 members (excludes halogenated alkanes) is 8. The minimum absolute atomic E-state index is 0.0291. The average Bonchev–Trinajstić information content (AvgIpc) is 2.84. The molecule has 2 rings (SSSR count). The highest BCUT2D eigenvalue weighted by Gasteiger charge is 2.16. The molecule has 0 aromatic heterocycles. The van der Waals surface area contributed by atoms with Crippen LogP contribution in [-0.2, 0) is 22.5 Å². The molecule has 0 aliphatic rings. The van der Waals surface area contributed by atoms with Crippen LogP contribution in [0.15, 0.2) is 54.6 Å². The molecule has 0 amide bonds. The molecule has 2 aromatic rings. The minimum Gasteiger partial charge on any atom is -0.457 e. The van der Waals surface area contributed by atoms with Crippen molar-refractivity contribution in [2.45, 2.75) is 90.5 Å². The van der Waals surface area contributed by atoms with Gasteiger partial charge in [0.2, 0.25) is 6.79 Å². The fourth-order valence-corrected chi connectivity index (χ4v) is 4.44. The van der Waals surface area contributed by atoms with Crippen molar-refractivity contribution in [2.24, 2.45) is 0 Å². The van der Waals surface area contributed by atoms with Crippen molar-refractivity contribution in [3.8, 4) is 5.75 Å². The van der Waals surface area contributed by atoms with E-state index in [9.17, 15) is 4.79 Å². The van der Waals surface area contributed by atoms with Gasteiger partial charge >= 0.3 is 5.97 Å². The quantitative estimate of drug-likeness (QED) is 0.0891. The van der Waals surface area contributed by atoms with E-state index in [1.165, 1.54) is 68.9 Å². The van der Waals surface area contributed by atoms with Crippen LogP contribution in [0.3, 0.4) is 0 Å². The van der Waals surface area contributed by atoms with E-state index in [0.717, 1.165) is 36.2 Å². The number of ether oxygens (including phenoxy) is 2. The molecular formula is C31H48NO3+. The van der Waals surface area contributed by atoms with Crippen LogP contribution < -0.4 is 4.74 Å². The van der Waals surface area contributed by atoms with E-state index in [1.807, 2.05) is 18.2 Å². The third-order valence-electron chi connectivity index (χ3n) is 6.54. The molecule has 2 aromatic carbocycles. The van der Waals surface area contributed by atoms with Crippen molar-refractivity contribution in [3.63, 3.8) is 0 Å². The summed E-state index contributed by atoms with van der Waals surface area (Å²) in [7, 11) is 4.39. The predicted octanol–water partition coefficient (Wildman–Crippen LogP) is 7.70. The molecule has 0 aliphatic carbocycles. The molecular weight excluding hydrogens is 434 g/mol. The van der Waals surface area contributed by atoms with E-state index in [2.05, 4.69) is 57.4 Å². The molecule has 0 unspecified atom stereocenters. The zero-order chi connectivity index (χ0) is 25.2. The van der Waals surface area contributed by atoms with Crippen LogP contribution >= 0.6 is 0 Å². The van der Waals surface area contributed by atoms with Crippen LogP contribution in [0, 0.1) is 0 Å². The Labute approximate surface area is 214 Å². The number of rotatable bonds is 19. The normalized spacial score (nSPS) is 11.4. The van der Waals surface area contributed by atoms with Gasteiger partial charge in [-0.2, -0.15) is 0 Å². The highest BCUT2D eigenvalue weighted by Crippen LogP contribution is 2.16. The summed E-state index contributed by atoms with van der Waals surface area (Å²) in [4.78, 5) is 12.1. The van der Waals surface area contributed by atoms with Gasteiger partial charge in [0, 0.05) is 12.0 Å². The van der Waals surface area contributed by atoms with E-state index in [0.29, 0.717) is 6.42 Å². The smallest absolute Gasteiger partial charge is 0.308 e. The first-order valence-corrected chi connectivity index (χ1v) is 13.7. The second-order valence-corrected chi connectivity index (χ2v) is 10.4. The Kier molecular flexibility index (Phi) is 14.2. The lowest BCUT2D eigenvalue weighted by atomic mass is 10.0. The van der Waals surface area contributed by atoms with Gasteiger partial charge in [-0.3, -0.25) is 4.79 Å². The highest BCUT2D eigenvalue weighted by atomic mass is 16.7. The van der Waals surface area contributed by atoms with E-state index >= 15 is 0 Å². The first kappa shape index (κ1) is 28.9. The lowest BCUT2D eigenvalue weighted by molar-refractivity contribution is -0.903. The number of carbonyl (C=O) groups excluding carboxylic acids is 1. The summed E-state index contributed by atoms with van der Waals surface area (Å²) in [5, 5.41) is 0. The number of hydrogen-bond donors (Lipinski definition) is 0. The fraction of sp³-hybridized carbons (Fsp3) is 0.581. The average molecular weight is 483 g/mol. The van der Waals surface area contributed by atoms with E-state index < -0.39 is 0 Å². The molecule has 0 bridgehead atoms. The zero-order valence-corrected chi connectivity index (χ0v) is 22.5. The van der Waals surface area contributed by atoms with Crippen molar-refractivity contribution < 1.29 is 18.8 Å². The number of benzene rings is 2. The molecule has 0 N–H and O–H groups in total. The topological polar surface area (TPSA) is 35.5 Å². The van der Waals surface area contributed by atoms with Crippen LogP contribution in [0.2, 0.25) is 0 Å². The number of hydrogen-bond acceptors (Lipinski definition) is 3. The van der Waals surface area contributed by atoms with Crippen molar-refractivity contribution in [1.82, 2.24) is 0 Å². The number of esters is 1. The maximum absolute atomic E-state index is 12.1. The second kappa shape index (κ2) is 17.2. The van der Waals surface area contributed by atoms with Crippen LogP contribution in [0.1, 0.15) is 88.7 Å². The molecule has 0 fully saturated rings. The van der Waals surface area contributed by atoms with E-state index in [4.69, 9.17) is 9.47 Å². The highest BCUT2D eigenvalue weighted by molar-refractivity contribution is 5.69. The number of nitrogens with zero attached hydrogens (tertiary/aromatic N) is 1. The van der Waals surface area contributed by atoms with Crippen LogP contribution in [0.4, 0.5) is 0 Å². The maximum atomic E-state index is 12.1. The molecule has 0 saturated heterocycles. The molecule has 35 heavy (non-hydrogen) atoms. The summed E-state index contributed by atoms with van der Waals surface area (Å²) < 4.78 is 11.7. The lowest BCUT2D eigenvalue weighted by Gasteiger charge is -2.29. The summed E-state index contributed by atoms with van der Waals surface area (Å²) >= 11 is 0. The van der Waals surface area contributed by atoms with Crippen molar-refractivity contribution in [2.75, 3.05) is 27.4 Å². The number of aryl methyl sites for hydroxylation is 1. The molecule has 0 atom stereocenters. The molecule has 0 saturated carbocycles. The van der Waals surface area contributed by atoms with Gasteiger partial charge in [-0.25, -0.2) is 0 Å². The number of quaternary nitrogens is 1. The summed E-state index contributed by atoms with van der Waals surface area (Å²) in [5.41, 5.74) is 2.65. The van der Waals surface area contributed by atoms with Crippen molar-refractivity contribution in [1.29, 1.82) is 0 Å². The Hall–Kier alpha value is -2.33. The Morgan fingerprint density at radius 1 is 0.743 bits per heavy atom. The van der Waals surface area contributed by atoms with Gasteiger partial charge < -0.3 is 14.0 Å². The zero-order valence-electron chi connectivity index (χ0n) is 22.5.